The highest BCUT2D eigenvalue weighted by Gasteiger charge is 2.14. The van der Waals surface area contributed by atoms with Gasteiger partial charge >= 0.3 is 11.7 Å². The van der Waals surface area contributed by atoms with Crippen LogP contribution in [0.4, 0.5) is 0 Å². The van der Waals surface area contributed by atoms with Crippen molar-refractivity contribution in [3.63, 3.8) is 0 Å². The summed E-state index contributed by atoms with van der Waals surface area (Å²) in [6, 6.07) is 0. The van der Waals surface area contributed by atoms with Crippen molar-refractivity contribution in [1.82, 2.24) is 18.7 Å². The van der Waals surface area contributed by atoms with Crippen molar-refractivity contribution in [1.29, 1.82) is 0 Å². The number of imidazole rings is 1. The molecule has 2 aromatic rings. The number of fused-ring (bicyclic) bond motifs is 1. The largest absolute Gasteiger partial charge is 0.464 e. The molecule has 0 unspecified atom stereocenters. The van der Waals surface area contributed by atoms with E-state index >= 15 is 0 Å². The van der Waals surface area contributed by atoms with E-state index in [4.69, 9.17) is 4.74 Å². The van der Waals surface area contributed by atoms with Gasteiger partial charge in [-0.1, -0.05) is 13.3 Å². The fourth-order valence-electron chi connectivity index (χ4n) is 2.22. The highest BCUT2D eigenvalue weighted by molar-refractivity contribution is 5.70. The third kappa shape index (κ3) is 2.95. The lowest BCUT2D eigenvalue weighted by atomic mass is 10.2. The van der Waals surface area contributed by atoms with E-state index in [1.807, 2.05) is 6.92 Å². The maximum absolute atomic E-state index is 12.2. The average Bonchev–Trinajstić information content (AvgIpc) is 2.93. The zero-order chi connectivity index (χ0) is 16.3. The summed E-state index contributed by atoms with van der Waals surface area (Å²) in [4.78, 5) is 39.6. The minimum atomic E-state index is -0.422. The summed E-state index contributed by atoms with van der Waals surface area (Å²) in [6.07, 6.45) is 3.61. The molecule has 0 bridgehead atoms. The van der Waals surface area contributed by atoms with Gasteiger partial charge in [-0.05, 0) is 6.42 Å². The standard InChI is InChI=1S/C14H20N4O4/c1-4-5-6-10(19)22-8-7-18-9-15-12-11(18)13(20)17(3)14(21)16(12)2/h9H,4-8H2,1-3H3. The minimum Gasteiger partial charge on any atom is -0.464 e. The Bertz CT molecular complexity index is 800. The summed E-state index contributed by atoms with van der Waals surface area (Å²) in [5.41, 5.74) is -0.179. The predicted octanol–water partition coefficient (Wildman–Crippen LogP) is 0.167. The number of hydrogen-bond donors (Lipinski definition) is 0. The molecule has 0 atom stereocenters. The summed E-state index contributed by atoms with van der Waals surface area (Å²) in [5.74, 6) is -0.244. The van der Waals surface area contributed by atoms with Gasteiger partial charge < -0.3 is 9.30 Å². The molecule has 120 valence electrons. The third-order valence-corrected chi connectivity index (χ3v) is 3.55. The van der Waals surface area contributed by atoms with Gasteiger partial charge in [0.05, 0.1) is 12.9 Å². The molecule has 0 fully saturated rings. The van der Waals surface area contributed by atoms with Crippen LogP contribution in [-0.2, 0) is 30.2 Å². The molecule has 0 saturated carbocycles. The van der Waals surface area contributed by atoms with Crippen LogP contribution in [0.25, 0.3) is 11.2 Å². The van der Waals surface area contributed by atoms with Crippen molar-refractivity contribution >= 4 is 17.1 Å². The average molecular weight is 308 g/mol. The molecule has 0 aromatic carbocycles. The van der Waals surface area contributed by atoms with E-state index in [0.29, 0.717) is 24.1 Å². The van der Waals surface area contributed by atoms with Gasteiger partial charge in [-0.25, -0.2) is 9.78 Å². The van der Waals surface area contributed by atoms with Gasteiger partial charge in [0.1, 0.15) is 6.61 Å². The first kappa shape index (κ1) is 16.0. The van der Waals surface area contributed by atoms with E-state index < -0.39 is 11.2 Å². The molecule has 0 N–H and O–H groups in total. The Labute approximate surface area is 126 Å². The molecule has 22 heavy (non-hydrogen) atoms. The number of esters is 1. The van der Waals surface area contributed by atoms with Crippen molar-refractivity contribution in [3.8, 4) is 0 Å². The number of nitrogens with zero attached hydrogens (tertiary/aromatic N) is 4. The number of ether oxygens (including phenoxy) is 1. The predicted molar refractivity (Wildman–Crippen MR) is 80.7 cm³/mol. The molecule has 8 nitrogen and oxygen atoms in total. The number of aryl methyl sites for hydroxylation is 1. The molecular formula is C14H20N4O4. The summed E-state index contributed by atoms with van der Waals surface area (Å²) in [6.45, 7) is 2.49. The van der Waals surface area contributed by atoms with Crippen molar-refractivity contribution in [2.75, 3.05) is 6.61 Å². The van der Waals surface area contributed by atoms with Gasteiger partial charge in [0.15, 0.2) is 11.2 Å². The van der Waals surface area contributed by atoms with Crippen molar-refractivity contribution < 1.29 is 9.53 Å². The van der Waals surface area contributed by atoms with E-state index in [0.717, 1.165) is 17.4 Å². The normalized spacial score (nSPS) is 11.0. The summed E-state index contributed by atoms with van der Waals surface area (Å²) < 4.78 is 9.08. The second kappa shape index (κ2) is 6.59. The Balaban J connectivity index is 2.18. The number of hydrogen-bond acceptors (Lipinski definition) is 5. The number of carbonyl (C=O) groups excluding carboxylic acids is 1. The minimum absolute atomic E-state index is 0.167. The van der Waals surface area contributed by atoms with E-state index in [1.54, 1.807) is 11.6 Å². The van der Waals surface area contributed by atoms with Gasteiger partial charge in [-0.15, -0.1) is 0 Å². The summed E-state index contributed by atoms with van der Waals surface area (Å²) in [7, 11) is 2.98. The third-order valence-electron chi connectivity index (χ3n) is 3.55. The molecule has 0 aliphatic heterocycles. The van der Waals surface area contributed by atoms with Gasteiger partial charge in [0, 0.05) is 20.5 Å². The smallest absolute Gasteiger partial charge is 0.332 e. The number of carbonyl (C=O) groups is 1. The first-order valence-electron chi connectivity index (χ1n) is 7.23. The summed E-state index contributed by atoms with van der Waals surface area (Å²) in [5, 5.41) is 0. The SMILES string of the molecule is CCCCC(=O)OCCn1cnc2c1c(=O)n(C)c(=O)n2C. The Morgan fingerprint density at radius 3 is 2.68 bits per heavy atom. The fourth-order valence-corrected chi connectivity index (χ4v) is 2.22. The summed E-state index contributed by atoms with van der Waals surface area (Å²) >= 11 is 0. The van der Waals surface area contributed by atoms with Crippen LogP contribution in [0.2, 0.25) is 0 Å². The lowest BCUT2D eigenvalue weighted by Gasteiger charge is -2.07. The number of aromatic nitrogens is 4. The molecule has 0 amide bonds. The van der Waals surface area contributed by atoms with Crippen LogP contribution >= 0.6 is 0 Å². The quantitative estimate of drug-likeness (QED) is 0.710. The first-order valence-corrected chi connectivity index (χ1v) is 7.23. The Morgan fingerprint density at radius 2 is 2.00 bits per heavy atom. The van der Waals surface area contributed by atoms with Crippen LogP contribution in [0.5, 0.6) is 0 Å². The molecule has 0 radical (unpaired) electrons. The second-order valence-electron chi connectivity index (χ2n) is 5.14. The first-order chi connectivity index (χ1) is 10.5. The molecule has 8 heteroatoms. The van der Waals surface area contributed by atoms with Crippen LogP contribution in [0.1, 0.15) is 26.2 Å². The van der Waals surface area contributed by atoms with Gasteiger partial charge in [0.25, 0.3) is 5.56 Å². The van der Waals surface area contributed by atoms with Crippen LogP contribution in [0.3, 0.4) is 0 Å². The molecule has 0 saturated heterocycles. The zero-order valence-electron chi connectivity index (χ0n) is 13.0. The van der Waals surface area contributed by atoms with Crippen LogP contribution < -0.4 is 11.2 Å². The topological polar surface area (TPSA) is 88.1 Å². The maximum atomic E-state index is 12.2. The maximum Gasteiger partial charge on any atom is 0.332 e. The molecular weight excluding hydrogens is 288 g/mol. The molecule has 0 aliphatic rings. The van der Waals surface area contributed by atoms with E-state index in [9.17, 15) is 14.4 Å². The van der Waals surface area contributed by atoms with Crippen LogP contribution in [0.15, 0.2) is 15.9 Å². The lowest BCUT2D eigenvalue weighted by Crippen LogP contribution is -2.37. The van der Waals surface area contributed by atoms with Gasteiger partial charge in [-0.3, -0.25) is 18.7 Å². The van der Waals surface area contributed by atoms with Crippen LogP contribution in [0, 0.1) is 0 Å². The number of unbranched alkanes of at least 4 members (excludes halogenated alkanes) is 1. The van der Waals surface area contributed by atoms with Crippen molar-refractivity contribution in [2.45, 2.75) is 32.7 Å². The second-order valence-corrected chi connectivity index (χ2v) is 5.14. The molecule has 2 aromatic heterocycles. The molecule has 2 rings (SSSR count). The van der Waals surface area contributed by atoms with Crippen molar-refractivity contribution in [2.24, 2.45) is 14.1 Å². The zero-order valence-corrected chi connectivity index (χ0v) is 13.0. The Morgan fingerprint density at radius 1 is 1.27 bits per heavy atom. The highest BCUT2D eigenvalue weighted by atomic mass is 16.5. The van der Waals surface area contributed by atoms with Crippen LogP contribution in [-0.4, -0.2) is 31.3 Å². The van der Waals surface area contributed by atoms with E-state index in [2.05, 4.69) is 4.98 Å². The van der Waals surface area contributed by atoms with E-state index in [-0.39, 0.29) is 12.6 Å². The molecule has 2 heterocycles. The van der Waals surface area contributed by atoms with E-state index in [1.165, 1.54) is 17.9 Å². The lowest BCUT2D eigenvalue weighted by molar-refractivity contribution is -0.144. The number of rotatable bonds is 6. The molecule has 0 aliphatic carbocycles. The van der Waals surface area contributed by atoms with Crippen molar-refractivity contribution in [3.05, 3.63) is 27.2 Å². The fraction of sp³-hybridized carbons (Fsp3) is 0.571. The van der Waals surface area contributed by atoms with Gasteiger partial charge in [0.2, 0.25) is 0 Å². The molecule has 0 spiro atoms. The van der Waals surface area contributed by atoms with Gasteiger partial charge in [-0.2, -0.15) is 0 Å². The highest BCUT2D eigenvalue weighted by Crippen LogP contribution is 2.05. The monoisotopic (exact) mass is 308 g/mol. The Kier molecular flexibility index (Phi) is 4.79. The Hall–Kier alpha value is -2.38.